The Morgan fingerprint density at radius 3 is 0.759 bits per heavy atom. The van der Waals surface area contributed by atoms with Gasteiger partial charge in [0.2, 0.25) is 0 Å². The number of hydrogen-bond donors (Lipinski definition) is 4. The monoisotopic (exact) mass is 1130 g/mol. The van der Waals surface area contributed by atoms with Crippen LogP contribution in [0.4, 0.5) is 0 Å². The molecular formula is C67H74O16. The van der Waals surface area contributed by atoms with Crippen molar-refractivity contribution in [3.05, 3.63) is 251 Å². The van der Waals surface area contributed by atoms with Gasteiger partial charge in [0.25, 0.3) is 0 Å². The third kappa shape index (κ3) is 16.4. The summed E-state index contributed by atoms with van der Waals surface area (Å²) in [6, 6.07) is 67.3. The molecule has 15 atom stereocenters. The van der Waals surface area contributed by atoms with Crippen molar-refractivity contribution in [2.45, 2.75) is 138 Å². The van der Waals surface area contributed by atoms with Gasteiger partial charge in [-0.25, -0.2) is 0 Å². The van der Waals surface area contributed by atoms with Crippen LogP contribution in [-0.2, 0) is 103 Å². The number of hydrogen-bond acceptors (Lipinski definition) is 16. The second kappa shape index (κ2) is 31.2. The zero-order valence-electron chi connectivity index (χ0n) is 46.1. The summed E-state index contributed by atoms with van der Waals surface area (Å²) in [5.74, 6) is 0. The molecule has 0 aromatic heterocycles. The molecule has 4 N–H and O–H groups in total. The summed E-state index contributed by atoms with van der Waals surface area (Å²) >= 11 is 0. The standard InChI is InChI=1S/C67H74O16/c68-36-53-56(72-39-46-22-8-1-9-23-46)59(73-40-47-24-10-2-11-25-47)63(77-44-51-32-18-6-19-33-51)66(80-53)83-58-55(38-70)81-67(64(78-45-52-34-20-7-21-35-52)61(58)75-42-49-28-14-4-15-29-49)82-57-54(37-69)79-65(71)62(76-43-50-30-16-5-17-31-50)60(57)74-41-48-26-12-3-13-27-48/h1-35,53-71H,36-45H2/t53-,54-,55-,56-,57-,58-,59+,60+,61+,62-,63-,64-,65+,66-,67-/m1/s1. The van der Waals surface area contributed by atoms with Crippen LogP contribution in [0.5, 0.6) is 0 Å². The Kier molecular flexibility index (Phi) is 22.5. The zero-order valence-corrected chi connectivity index (χ0v) is 46.1. The molecule has 7 aromatic carbocycles. The third-order valence-electron chi connectivity index (χ3n) is 14.9. The molecule has 3 heterocycles. The molecule has 7 aromatic rings. The summed E-state index contributed by atoms with van der Waals surface area (Å²) in [5, 5.41) is 45.8. The molecule has 16 heteroatoms. The first-order valence-corrected chi connectivity index (χ1v) is 28.3. The number of rotatable bonds is 28. The van der Waals surface area contributed by atoms with E-state index in [0.717, 1.165) is 38.9 Å². The summed E-state index contributed by atoms with van der Waals surface area (Å²) in [5.41, 5.74) is 5.98. The lowest BCUT2D eigenvalue weighted by Crippen LogP contribution is -2.68. The molecule has 3 fully saturated rings. The molecule has 0 aliphatic carbocycles. The third-order valence-corrected chi connectivity index (χ3v) is 14.9. The summed E-state index contributed by atoms with van der Waals surface area (Å²) < 4.78 is 82.1. The van der Waals surface area contributed by atoms with Crippen LogP contribution in [0.3, 0.4) is 0 Å². The van der Waals surface area contributed by atoms with Crippen molar-refractivity contribution in [2.24, 2.45) is 0 Å². The highest BCUT2D eigenvalue weighted by Crippen LogP contribution is 2.39. The van der Waals surface area contributed by atoms with Crippen LogP contribution in [0.1, 0.15) is 38.9 Å². The summed E-state index contributed by atoms with van der Waals surface area (Å²) in [6.45, 7) is -0.999. The predicted molar refractivity (Wildman–Crippen MR) is 304 cm³/mol. The van der Waals surface area contributed by atoms with E-state index in [1.54, 1.807) is 0 Å². The Morgan fingerprint density at radius 1 is 0.253 bits per heavy atom. The van der Waals surface area contributed by atoms with Crippen LogP contribution in [0.25, 0.3) is 0 Å². The van der Waals surface area contributed by atoms with E-state index >= 15 is 0 Å². The van der Waals surface area contributed by atoms with Crippen LogP contribution in [-0.4, -0.2) is 132 Å². The Morgan fingerprint density at radius 2 is 0.470 bits per heavy atom. The molecule has 438 valence electrons. The quantitative estimate of drug-likeness (QED) is 0.0369. The maximum Gasteiger partial charge on any atom is 0.187 e. The van der Waals surface area contributed by atoms with Gasteiger partial charge in [-0.3, -0.25) is 0 Å². The summed E-state index contributed by atoms with van der Waals surface area (Å²) in [6.07, 6.45) is -17.4. The average Bonchev–Trinajstić information content (AvgIpc) is 3.73. The SMILES string of the molecule is OC[C@H]1O[C@H](O)[C@H](OCc2ccccc2)[C@@H](OCc2ccccc2)[C@@H]1O[C@H]1O[C@H](CO)[C@@H](O[C@H]2O[C@H](CO)[C@@H](OCc3ccccc3)[C@H](OCc3ccccc3)[C@H]2OCc2ccccc2)[C@H](OCc2ccccc2)[C@H]1OCc1ccccc1. The van der Waals surface area contributed by atoms with Crippen molar-refractivity contribution < 1.29 is 77.3 Å². The largest absolute Gasteiger partial charge is 0.394 e. The molecule has 10 rings (SSSR count). The molecule has 3 aliphatic heterocycles. The van der Waals surface area contributed by atoms with E-state index in [4.69, 9.17) is 56.8 Å². The molecule has 3 aliphatic rings. The fourth-order valence-corrected chi connectivity index (χ4v) is 10.6. The molecule has 0 amide bonds. The topological polar surface area (TPSA) is 192 Å². The molecule has 16 nitrogen and oxygen atoms in total. The number of benzene rings is 7. The van der Waals surface area contributed by atoms with E-state index in [9.17, 15) is 20.4 Å². The van der Waals surface area contributed by atoms with Crippen LogP contribution < -0.4 is 0 Å². The highest BCUT2D eigenvalue weighted by atomic mass is 16.8. The van der Waals surface area contributed by atoms with Gasteiger partial charge in [0.1, 0.15) is 73.2 Å². The highest BCUT2D eigenvalue weighted by Gasteiger charge is 2.57. The van der Waals surface area contributed by atoms with Crippen molar-refractivity contribution in [3.63, 3.8) is 0 Å². The fraction of sp³-hybridized carbons (Fsp3) is 0.373. The van der Waals surface area contributed by atoms with Crippen molar-refractivity contribution in [1.29, 1.82) is 0 Å². The van der Waals surface area contributed by atoms with Gasteiger partial charge in [0.05, 0.1) is 66.1 Å². The lowest BCUT2D eigenvalue weighted by Gasteiger charge is -2.51. The van der Waals surface area contributed by atoms with Crippen LogP contribution in [0, 0.1) is 0 Å². The second-order valence-corrected chi connectivity index (χ2v) is 20.7. The summed E-state index contributed by atoms with van der Waals surface area (Å²) in [7, 11) is 0. The number of aliphatic hydroxyl groups excluding tert-OH is 4. The van der Waals surface area contributed by atoms with Crippen molar-refractivity contribution in [1.82, 2.24) is 0 Å². The van der Waals surface area contributed by atoms with Crippen molar-refractivity contribution >= 4 is 0 Å². The molecular weight excluding hydrogens is 1060 g/mol. The van der Waals surface area contributed by atoms with Crippen molar-refractivity contribution in [2.75, 3.05) is 19.8 Å². The van der Waals surface area contributed by atoms with Crippen LogP contribution in [0.2, 0.25) is 0 Å². The van der Waals surface area contributed by atoms with Crippen LogP contribution in [0.15, 0.2) is 212 Å². The van der Waals surface area contributed by atoms with E-state index in [1.807, 2.05) is 212 Å². The van der Waals surface area contributed by atoms with Gasteiger partial charge in [-0.1, -0.05) is 212 Å². The van der Waals surface area contributed by atoms with E-state index in [2.05, 4.69) is 0 Å². The molecule has 0 saturated carbocycles. The van der Waals surface area contributed by atoms with Gasteiger partial charge < -0.3 is 77.3 Å². The predicted octanol–water partition coefficient (Wildman–Crippen LogP) is 8.00. The first kappa shape index (κ1) is 60.0. The molecule has 3 saturated heterocycles. The van der Waals surface area contributed by atoms with E-state index < -0.39 is 112 Å². The normalized spacial score (nSPS) is 28.2. The average molecular weight is 1140 g/mol. The van der Waals surface area contributed by atoms with Crippen molar-refractivity contribution in [3.8, 4) is 0 Å². The highest BCUT2D eigenvalue weighted by molar-refractivity contribution is 5.19. The van der Waals surface area contributed by atoms with Gasteiger partial charge in [-0.15, -0.1) is 0 Å². The van der Waals surface area contributed by atoms with E-state index in [-0.39, 0.29) is 46.2 Å². The lowest BCUT2D eigenvalue weighted by molar-refractivity contribution is -0.392. The molecule has 83 heavy (non-hydrogen) atoms. The molecule has 0 spiro atoms. The maximum absolute atomic E-state index is 11.7. The number of aliphatic hydroxyl groups is 4. The van der Waals surface area contributed by atoms with Gasteiger partial charge in [0, 0.05) is 0 Å². The Labute approximate surface area is 484 Å². The Bertz CT molecular complexity index is 2880. The minimum atomic E-state index is -1.54. The smallest absolute Gasteiger partial charge is 0.187 e. The fourth-order valence-electron chi connectivity index (χ4n) is 10.6. The second-order valence-electron chi connectivity index (χ2n) is 20.7. The van der Waals surface area contributed by atoms with E-state index in [0.29, 0.717) is 0 Å². The minimum Gasteiger partial charge on any atom is -0.394 e. The minimum absolute atomic E-state index is 0.0433. The Hall–Kier alpha value is -6.10. The molecule has 0 radical (unpaired) electrons. The molecule has 0 bridgehead atoms. The van der Waals surface area contributed by atoms with Gasteiger partial charge in [-0.2, -0.15) is 0 Å². The Balaban J connectivity index is 1.03. The van der Waals surface area contributed by atoms with Crippen LogP contribution >= 0.6 is 0 Å². The first-order valence-electron chi connectivity index (χ1n) is 28.3. The lowest BCUT2D eigenvalue weighted by atomic mass is 9.95. The molecule has 0 unspecified atom stereocenters. The van der Waals surface area contributed by atoms with E-state index in [1.165, 1.54) is 0 Å². The number of ether oxygens (including phenoxy) is 12. The van der Waals surface area contributed by atoms with Gasteiger partial charge >= 0.3 is 0 Å². The zero-order chi connectivity index (χ0) is 57.0. The first-order chi connectivity index (χ1) is 40.9. The van der Waals surface area contributed by atoms with Gasteiger partial charge in [0.15, 0.2) is 18.9 Å². The maximum atomic E-state index is 11.7. The van der Waals surface area contributed by atoms with Gasteiger partial charge in [-0.05, 0) is 38.9 Å². The summed E-state index contributed by atoms with van der Waals surface area (Å²) in [4.78, 5) is 0.